The van der Waals surface area contributed by atoms with Gasteiger partial charge in [0.05, 0.1) is 5.60 Å². The van der Waals surface area contributed by atoms with Crippen molar-refractivity contribution in [1.29, 1.82) is 0 Å². The lowest BCUT2D eigenvalue weighted by molar-refractivity contribution is 0.0375. The van der Waals surface area contributed by atoms with E-state index < -0.39 is 5.60 Å². The third kappa shape index (κ3) is 8.72. The Morgan fingerprint density at radius 2 is 1.92 bits per heavy atom. The molecule has 0 bridgehead atoms. The summed E-state index contributed by atoms with van der Waals surface area (Å²) in [4.78, 5) is 2.29. The second kappa shape index (κ2) is 6.80. The fourth-order valence-corrected chi connectivity index (χ4v) is 1.72. The van der Waals surface area contributed by atoms with Gasteiger partial charge in [-0.3, -0.25) is 0 Å². The highest BCUT2D eigenvalue weighted by molar-refractivity contribution is 9.09. The average Bonchev–Trinajstić information content (AvgIpc) is 2.01. The molecule has 0 atom stereocenters. The fraction of sp³-hybridized carbons (Fsp3) is 1.00. The Morgan fingerprint density at radius 3 is 2.31 bits per heavy atom. The number of alkyl halides is 1. The molecule has 0 rings (SSSR count). The predicted octanol–water partition coefficient (Wildman–Crippen LogP) is 2.25. The van der Waals surface area contributed by atoms with Crippen LogP contribution >= 0.6 is 15.9 Å². The van der Waals surface area contributed by atoms with E-state index >= 15 is 0 Å². The summed E-state index contributed by atoms with van der Waals surface area (Å²) < 4.78 is 0. The minimum Gasteiger partial charge on any atom is -0.389 e. The lowest BCUT2D eigenvalue weighted by Gasteiger charge is -2.27. The van der Waals surface area contributed by atoms with Gasteiger partial charge in [0.15, 0.2) is 0 Å². The Labute approximate surface area is 90.4 Å². The van der Waals surface area contributed by atoms with Gasteiger partial charge in [-0.1, -0.05) is 22.9 Å². The lowest BCUT2D eigenvalue weighted by atomic mass is 10.1. The summed E-state index contributed by atoms with van der Waals surface area (Å²) in [5, 5.41) is 10.7. The standard InChI is InChI=1S/C10H22BrNO/c1-4-12(8-6-5-7-11)9-10(2,3)13/h13H,4-9H2,1-3H3. The first-order valence-corrected chi connectivity index (χ1v) is 6.12. The van der Waals surface area contributed by atoms with E-state index in [0.717, 1.165) is 25.0 Å². The van der Waals surface area contributed by atoms with Gasteiger partial charge < -0.3 is 10.0 Å². The van der Waals surface area contributed by atoms with Crippen LogP contribution in [0.25, 0.3) is 0 Å². The van der Waals surface area contributed by atoms with Crippen molar-refractivity contribution in [2.24, 2.45) is 0 Å². The number of nitrogens with zero attached hydrogens (tertiary/aromatic N) is 1. The van der Waals surface area contributed by atoms with Crippen molar-refractivity contribution < 1.29 is 5.11 Å². The molecule has 0 aliphatic rings. The van der Waals surface area contributed by atoms with Crippen LogP contribution in [0.1, 0.15) is 33.6 Å². The summed E-state index contributed by atoms with van der Waals surface area (Å²) in [6.45, 7) is 8.74. The van der Waals surface area contributed by atoms with E-state index in [4.69, 9.17) is 0 Å². The molecule has 0 aromatic carbocycles. The third-order valence-electron chi connectivity index (χ3n) is 1.92. The molecule has 0 unspecified atom stereocenters. The summed E-state index contributed by atoms with van der Waals surface area (Å²) in [5.74, 6) is 0. The molecule has 0 saturated heterocycles. The van der Waals surface area contributed by atoms with E-state index in [1.165, 1.54) is 12.8 Å². The largest absolute Gasteiger partial charge is 0.389 e. The zero-order valence-corrected chi connectivity index (χ0v) is 10.6. The maximum Gasteiger partial charge on any atom is 0.0718 e. The van der Waals surface area contributed by atoms with Crippen molar-refractivity contribution in [3.05, 3.63) is 0 Å². The molecule has 3 heteroatoms. The van der Waals surface area contributed by atoms with Gasteiger partial charge in [-0.2, -0.15) is 0 Å². The number of unbranched alkanes of at least 4 members (excludes halogenated alkanes) is 1. The van der Waals surface area contributed by atoms with Crippen LogP contribution in [0.4, 0.5) is 0 Å². The topological polar surface area (TPSA) is 23.5 Å². The molecule has 80 valence electrons. The van der Waals surface area contributed by atoms with Crippen molar-refractivity contribution in [2.75, 3.05) is 25.0 Å². The van der Waals surface area contributed by atoms with E-state index in [2.05, 4.69) is 27.8 Å². The molecule has 0 saturated carbocycles. The lowest BCUT2D eigenvalue weighted by Crippen LogP contribution is -2.39. The van der Waals surface area contributed by atoms with E-state index in [1.54, 1.807) is 0 Å². The number of rotatable bonds is 7. The molecule has 2 nitrogen and oxygen atoms in total. The van der Waals surface area contributed by atoms with Crippen molar-refractivity contribution in [2.45, 2.75) is 39.2 Å². The molecule has 0 radical (unpaired) electrons. The quantitative estimate of drug-likeness (QED) is 0.555. The molecule has 0 spiro atoms. The summed E-state index contributed by atoms with van der Waals surface area (Å²) in [7, 11) is 0. The van der Waals surface area contributed by atoms with E-state index in [9.17, 15) is 5.11 Å². The van der Waals surface area contributed by atoms with Gasteiger partial charge in [0.25, 0.3) is 0 Å². The number of likely N-dealkylation sites (N-methyl/N-ethyl adjacent to an activating group) is 1. The van der Waals surface area contributed by atoms with Crippen LogP contribution in [0.15, 0.2) is 0 Å². The molecule has 0 heterocycles. The Morgan fingerprint density at radius 1 is 1.31 bits per heavy atom. The van der Waals surface area contributed by atoms with Crippen LogP contribution in [-0.2, 0) is 0 Å². The molecule has 0 aliphatic carbocycles. The second-order valence-electron chi connectivity index (χ2n) is 4.08. The molecule has 13 heavy (non-hydrogen) atoms. The summed E-state index contributed by atoms with van der Waals surface area (Å²) in [6.07, 6.45) is 2.41. The van der Waals surface area contributed by atoms with Crippen LogP contribution in [0.5, 0.6) is 0 Å². The van der Waals surface area contributed by atoms with E-state index in [1.807, 2.05) is 13.8 Å². The van der Waals surface area contributed by atoms with Gasteiger partial charge in [0.2, 0.25) is 0 Å². The minimum atomic E-state index is -0.565. The number of hydrogen-bond acceptors (Lipinski definition) is 2. The number of hydrogen-bond donors (Lipinski definition) is 1. The maximum atomic E-state index is 9.62. The number of aliphatic hydroxyl groups is 1. The van der Waals surface area contributed by atoms with E-state index in [0.29, 0.717) is 0 Å². The van der Waals surface area contributed by atoms with Gasteiger partial charge in [0, 0.05) is 11.9 Å². The van der Waals surface area contributed by atoms with Crippen molar-refractivity contribution in [3.8, 4) is 0 Å². The van der Waals surface area contributed by atoms with Gasteiger partial charge in [-0.25, -0.2) is 0 Å². The predicted molar refractivity (Wildman–Crippen MR) is 61.4 cm³/mol. The van der Waals surface area contributed by atoms with Crippen LogP contribution < -0.4 is 0 Å². The zero-order chi connectivity index (χ0) is 10.3. The Kier molecular flexibility index (Phi) is 7.00. The van der Waals surface area contributed by atoms with Crippen molar-refractivity contribution >= 4 is 15.9 Å². The Balaban J connectivity index is 3.63. The first-order chi connectivity index (χ1) is 5.99. The van der Waals surface area contributed by atoms with Crippen LogP contribution in [0.2, 0.25) is 0 Å². The molecule has 0 amide bonds. The van der Waals surface area contributed by atoms with Gasteiger partial charge in [-0.15, -0.1) is 0 Å². The second-order valence-corrected chi connectivity index (χ2v) is 4.87. The van der Waals surface area contributed by atoms with Gasteiger partial charge in [-0.05, 0) is 39.8 Å². The molecule has 1 N–H and O–H groups in total. The summed E-state index contributed by atoms with van der Waals surface area (Å²) in [5.41, 5.74) is -0.565. The summed E-state index contributed by atoms with van der Waals surface area (Å²) in [6, 6.07) is 0. The highest BCUT2D eigenvalue weighted by Gasteiger charge is 2.16. The molecular formula is C10H22BrNO. The average molecular weight is 252 g/mol. The van der Waals surface area contributed by atoms with Gasteiger partial charge >= 0.3 is 0 Å². The zero-order valence-electron chi connectivity index (χ0n) is 9.02. The summed E-state index contributed by atoms with van der Waals surface area (Å²) >= 11 is 3.41. The van der Waals surface area contributed by atoms with E-state index in [-0.39, 0.29) is 0 Å². The molecule has 0 aromatic rings. The molecule has 0 aliphatic heterocycles. The maximum absolute atomic E-state index is 9.62. The third-order valence-corrected chi connectivity index (χ3v) is 2.48. The molecule has 0 aromatic heterocycles. The smallest absolute Gasteiger partial charge is 0.0718 e. The monoisotopic (exact) mass is 251 g/mol. The molecular weight excluding hydrogens is 230 g/mol. The minimum absolute atomic E-state index is 0.565. The van der Waals surface area contributed by atoms with Crippen LogP contribution in [0, 0.1) is 0 Å². The highest BCUT2D eigenvalue weighted by atomic mass is 79.9. The number of halogens is 1. The van der Waals surface area contributed by atoms with Crippen molar-refractivity contribution in [3.63, 3.8) is 0 Å². The van der Waals surface area contributed by atoms with Crippen LogP contribution in [0.3, 0.4) is 0 Å². The SMILES string of the molecule is CCN(CCCCBr)CC(C)(C)O. The van der Waals surface area contributed by atoms with Gasteiger partial charge in [0.1, 0.15) is 0 Å². The normalized spacial score (nSPS) is 12.5. The van der Waals surface area contributed by atoms with Crippen molar-refractivity contribution in [1.82, 2.24) is 4.90 Å². The van der Waals surface area contributed by atoms with Crippen LogP contribution in [-0.4, -0.2) is 40.6 Å². The first kappa shape index (κ1) is 13.4. The highest BCUT2D eigenvalue weighted by Crippen LogP contribution is 2.06. The molecule has 0 fully saturated rings. The Hall–Kier alpha value is 0.400. The first-order valence-electron chi connectivity index (χ1n) is 5.00. The fourth-order valence-electron chi connectivity index (χ4n) is 1.33. The Bertz CT molecular complexity index is 123.